The van der Waals surface area contributed by atoms with Gasteiger partial charge in [0.1, 0.15) is 0 Å². The van der Waals surface area contributed by atoms with Crippen molar-refractivity contribution in [2.75, 3.05) is 26.8 Å². The van der Waals surface area contributed by atoms with Crippen LogP contribution in [-0.2, 0) is 0 Å². The summed E-state index contributed by atoms with van der Waals surface area (Å²) in [5, 5.41) is 11.1. The molecule has 1 saturated heterocycles. The van der Waals surface area contributed by atoms with Crippen molar-refractivity contribution in [2.24, 2.45) is 16.7 Å². The van der Waals surface area contributed by atoms with Gasteiger partial charge in [0.15, 0.2) is 17.1 Å². The second-order valence-corrected chi connectivity index (χ2v) is 8.50. The lowest BCUT2D eigenvalue weighted by Gasteiger charge is -2.55. The molecule has 6 heteroatoms. The highest BCUT2D eigenvalue weighted by molar-refractivity contribution is 6.31. The second-order valence-electron chi connectivity index (χ2n) is 8.06. The third kappa shape index (κ3) is 2.36. The molecule has 1 N–H and O–H groups in total. The maximum absolute atomic E-state index is 13.0. The first kappa shape index (κ1) is 16.7. The summed E-state index contributed by atoms with van der Waals surface area (Å²) in [6, 6.07) is 5.13. The standard InChI is InChI=1S/C19H22ClNO4/c1-18(2)8-19(10-22)9-21(7-15(18)19)17(23)14-5-11-4-12(20)6-13(24-3)16(11)25-14/h4-6,15,22H,7-10H2,1-3H3/t15-,19-/m1/s1. The number of ether oxygens (including phenoxy) is 1. The lowest BCUT2D eigenvalue weighted by atomic mass is 9.48. The van der Waals surface area contributed by atoms with Gasteiger partial charge in [-0.25, -0.2) is 0 Å². The number of halogens is 1. The molecule has 2 heterocycles. The Labute approximate surface area is 151 Å². The molecule has 1 aromatic heterocycles. The number of carbonyl (C=O) groups is 1. The van der Waals surface area contributed by atoms with E-state index < -0.39 is 0 Å². The van der Waals surface area contributed by atoms with Crippen molar-refractivity contribution in [3.05, 3.63) is 29.0 Å². The zero-order valence-electron chi connectivity index (χ0n) is 14.6. The first-order valence-corrected chi connectivity index (χ1v) is 8.85. The minimum Gasteiger partial charge on any atom is -0.493 e. The summed E-state index contributed by atoms with van der Waals surface area (Å²) in [6.45, 7) is 5.75. The number of hydrogen-bond donors (Lipinski definition) is 1. The number of nitrogens with zero attached hydrogens (tertiary/aromatic N) is 1. The van der Waals surface area contributed by atoms with Crippen molar-refractivity contribution in [1.29, 1.82) is 0 Å². The van der Waals surface area contributed by atoms with Crippen LogP contribution in [0.4, 0.5) is 0 Å². The molecule has 2 aliphatic rings. The van der Waals surface area contributed by atoms with Crippen LogP contribution >= 0.6 is 11.6 Å². The van der Waals surface area contributed by atoms with E-state index >= 15 is 0 Å². The summed E-state index contributed by atoms with van der Waals surface area (Å²) in [5.74, 6) is 0.966. The number of benzene rings is 1. The van der Waals surface area contributed by atoms with Crippen molar-refractivity contribution < 1.29 is 19.1 Å². The highest BCUT2D eigenvalue weighted by Gasteiger charge is 2.63. The zero-order valence-corrected chi connectivity index (χ0v) is 15.4. The second kappa shape index (κ2) is 5.39. The number of rotatable bonds is 3. The molecule has 0 radical (unpaired) electrons. The predicted molar refractivity (Wildman–Crippen MR) is 95.1 cm³/mol. The summed E-state index contributed by atoms with van der Waals surface area (Å²) < 4.78 is 11.1. The quantitative estimate of drug-likeness (QED) is 0.905. The molecular formula is C19H22ClNO4. The molecular weight excluding hydrogens is 342 g/mol. The molecule has 2 aromatic rings. The topological polar surface area (TPSA) is 62.9 Å². The normalized spacial score (nSPS) is 27.2. The summed E-state index contributed by atoms with van der Waals surface area (Å²) in [6.07, 6.45) is 0.939. The fraction of sp³-hybridized carbons (Fsp3) is 0.526. The highest BCUT2D eigenvalue weighted by atomic mass is 35.5. The largest absolute Gasteiger partial charge is 0.493 e. The van der Waals surface area contributed by atoms with Gasteiger partial charge in [-0.15, -0.1) is 0 Å². The Morgan fingerprint density at radius 2 is 2.20 bits per heavy atom. The number of aliphatic hydroxyl groups is 1. The molecule has 0 spiro atoms. The Hall–Kier alpha value is -1.72. The SMILES string of the molecule is COc1cc(Cl)cc2cc(C(=O)N3C[C@@H]4C(C)(C)C[C@]4(CO)C3)oc12. The zero-order chi connectivity index (χ0) is 18.0. The lowest BCUT2D eigenvalue weighted by Crippen LogP contribution is -2.54. The van der Waals surface area contributed by atoms with Crippen LogP contribution in [0.15, 0.2) is 22.6 Å². The first-order chi connectivity index (χ1) is 11.8. The minimum absolute atomic E-state index is 0.119. The van der Waals surface area contributed by atoms with Crippen molar-refractivity contribution >= 4 is 28.5 Å². The average molecular weight is 364 g/mol. The molecule has 2 fully saturated rings. The van der Waals surface area contributed by atoms with E-state index in [-0.39, 0.29) is 29.1 Å². The predicted octanol–water partition coefficient (Wildman–Crippen LogP) is 3.58. The Morgan fingerprint density at radius 3 is 2.80 bits per heavy atom. The van der Waals surface area contributed by atoms with Crippen LogP contribution in [0.25, 0.3) is 11.0 Å². The van der Waals surface area contributed by atoms with E-state index in [1.165, 1.54) is 0 Å². The van der Waals surface area contributed by atoms with Gasteiger partial charge in [-0.1, -0.05) is 25.4 Å². The summed E-state index contributed by atoms with van der Waals surface area (Å²) in [7, 11) is 1.54. The van der Waals surface area contributed by atoms with Crippen molar-refractivity contribution in [1.82, 2.24) is 4.90 Å². The first-order valence-electron chi connectivity index (χ1n) is 8.47. The van der Waals surface area contributed by atoms with Crippen LogP contribution in [0.5, 0.6) is 5.75 Å². The summed E-state index contributed by atoms with van der Waals surface area (Å²) >= 11 is 6.09. The van der Waals surface area contributed by atoms with Crippen molar-refractivity contribution in [3.63, 3.8) is 0 Å². The van der Waals surface area contributed by atoms with Gasteiger partial charge in [0.2, 0.25) is 0 Å². The van der Waals surface area contributed by atoms with Crippen molar-refractivity contribution in [3.8, 4) is 5.75 Å². The van der Waals surface area contributed by atoms with Crippen LogP contribution < -0.4 is 4.74 Å². The van der Waals surface area contributed by atoms with E-state index in [4.69, 9.17) is 20.8 Å². The number of likely N-dealkylation sites (tertiary alicyclic amines) is 1. The molecule has 1 aliphatic carbocycles. The number of carbonyl (C=O) groups excluding carboxylic acids is 1. The van der Waals surface area contributed by atoms with Gasteiger partial charge in [-0.05, 0) is 29.9 Å². The fourth-order valence-electron chi connectivity index (χ4n) is 4.99. The van der Waals surface area contributed by atoms with E-state index in [0.717, 1.165) is 11.8 Å². The van der Waals surface area contributed by atoms with Gasteiger partial charge >= 0.3 is 0 Å². The molecule has 1 aromatic carbocycles. The third-order valence-electron chi connectivity index (χ3n) is 5.98. The van der Waals surface area contributed by atoms with Crippen LogP contribution in [0.1, 0.15) is 30.8 Å². The maximum atomic E-state index is 13.0. The van der Waals surface area contributed by atoms with Crippen LogP contribution in [0.2, 0.25) is 5.02 Å². The highest BCUT2D eigenvalue weighted by Crippen LogP contribution is 2.62. The van der Waals surface area contributed by atoms with Gasteiger partial charge in [0.25, 0.3) is 5.91 Å². The fourth-order valence-corrected chi connectivity index (χ4v) is 5.21. The monoisotopic (exact) mass is 363 g/mol. The Bertz CT molecular complexity index is 858. The van der Waals surface area contributed by atoms with Gasteiger partial charge in [-0.3, -0.25) is 4.79 Å². The minimum atomic E-state index is -0.161. The summed E-state index contributed by atoms with van der Waals surface area (Å²) in [5.41, 5.74) is 0.517. The molecule has 134 valence electrons. The smallest absolute Gasteiger partial charge is 0.289 e. The van der Waals surface area contributed by atoms with E-state index in [1.54, 1.807) is 30.2 Å². The van der Waals surface area contributed by atoms with E-state index in [2.05, 4.69) is 13.8 Å². The number of furan rings is 1. The van der Waals surface area contributed by atoms with Crippen LogP contribution in [0, 0.1) is 16.7 Å². The molecule has 5 nitrogen and oxygen atoms in total. The van der Waals surface area contributed by atoms with Gasteiger partial charge in [0, 0.05) is 35.0 Å². The average Bonchev–Trinajstić information content (AvgIpc) is 3.13. The Balaban J connectivity index is 1.65. The van der Waals surface area contributed by atoms with E-state index in [9.17, 15) is 9.90 Å². The van der Waals surface area contributed by atoms with Crippen LogP contribution in [-0.4, -0.2) is 42.7 Å². The number of methoxy groups -OCH3 is 1. The molecule has 25 heavy (non-hydrogen) atoms. The third-order valence-corrected chi connectivity index (χ3v) is 6.20. The molecule has 4 rings (SSSR count). The van der Waals surface area contributed by atoms with Gasteiger partial charge in [-0.2, -0.15) is 0 Å². The van der Waals surface area contributed by atoms with Gasteiger partial charge in [0.05, 0.1) is 13.7 Å². The van der Waals surface area contributed by atoms with E-state index in [0.29, 0.717) is 35.4 Å². The molecule has 2 atom stereocenters. The van der Waals surface area contributed by atoms with Crippen molar-refractivity contribution in [2.45, 2.75) is 20.3 Å². The number of amides is 1. The van der Waals surface area contributed by atoms with E-state index in [1.807, 2.05) is 0 Å². The Morgan fingerprint density at radius 1 is 1.44 bits per heavy atom. The molecule has 1 aliphatic heterocycles. The summed E-state index contributed by atoms with van der Waals surface area (Å²) in [4.78, 5) is 14.8. The lowest BCUT2D eigenvalue weighted by molar-refractivity contribution is -0.0977. The number of fused-ring (bicyclic) bond motifs is 2. The number of hydrogen-bond acceptors (Lipinski definition) is 4. The molecule has 1 amide bonds. The Kier molecular flexibility index (Phi) is 3.61. The number of aliphatic hydroxyl groups excluding tert-OH is 1. The molecule has 0 unspecified atom stereocenters. The van der Waals surface area contributed by atoms with Gasteiger partial charge < -0.3 is 19.2 Å². The molecule has 1 saturated carbocycles. The molecule has 0 bridgehead atoms. The van der Waals surface area contributed by atoms with Crippen LogP contribution in [0.3, 0.4) is 0 Å². The maximum Gasteiger partial charge on any atom is 0.289 e.